The van der Waals surface area contributed by atoms with Crippen molar-refractivity contribution in [2.45, 2.75) is 6.42 Å². The summed E-state index contributed by atoms with van der Waals surface area (Å²) in [6.07, 6.45) is 4.09. The Morgan fingerprint density at radius 1 is 1.39 bits per heavy atom. The lowest BCUT2D eigenvalue weighted by Gasteiger charge is -2.27. The van der Waals surface area contributed by atoms with Gasteiger partial charge in [-0.2, -0.15) is 0 Å². The first-order chi connectivity index (χ1) is 8.84. The standard InChI is InChI=1S/C13H16N4O/c18-12(17-6-4-14-5-7-17)8-10-9-16-13-11(10)2-1-3-15-13/h1-3,9,14H,4-8H2,(H,15,16). The molecule has 0 spiro atoms. The van der Waals surface area contributed by atoms with Crippen LogP contribution in [0.15, 0.2) is 24.5 Å². The average molecular weight is 244 g/mol. The summed E-state index contributed by atoms with van der Waals surface area (Å²) in [5, 5.41) is 4.29. The Labute approximate surface area is 105 Å². The molecule has 2 aromatic heterocycles. The molecule has 5 heteroatoms. The fourth-order valence-electron chi connectivity index (χ4n) is 2.35. The maximum absolute atomic E-state index is 12.2. The van der Waals surface area contributed by atoms with Gasteiger partial charge < -0.3 is 15.2 Å². The van der Waals surface area contributed by atoms with Crippen LogP contribution < -0.4 is 5.32 Å². The number of H-pyrrole nitrogens is 1. The van der Waals surface area contributed by atoms with E-state index in [2.05, 4.69) is 15.3 Å². The van der Waals surface area contributed by atoms with Gasteiger partial charge in [0.15, 0.2) is 0 Å². The molecule has 2 N–H and O–H groups in total. The van der Waals surface area contributed by atoms with Gasteiger partial charge >= 0.3 is 0 Å². The largest absolute Gasteiger partial charge is 0.346 e. The molecule has 0 bridgehead atoms. The normalized spacial score (nSPS) is 16.1. The molecule has 0 aliphatic carbocycles. The Hall–Kier alpha value is -1.88. The molecule has 0 aromatic carbocycles. The minimum absolute atomic E-state index is 0.196. The van der Waals surface area contributed by atoms with Crippen molar-refractivity contribution >= 4 is 16.9 Å². The first-order valence-corrected chi connectivity index (χ1v) is 6.24. The van der Waals surface area contributed by atoms with Crippen LogP contribution in [0.5, 0.6) is 0 Å². The minimum atomic E-state index is 0.196. The smallest absolute Gasteiger partial charge is 0.227 e. The summed E-state index contributed by atoms with van der Waals surface area (Å²) in [7, 11) is 0. The van der Waals surface area contributed by atoms with Crippen LogP contribution in [-0.2, 0) is 11.2 Å². The summed E-state index contributed by atoms with van der Waals surface area (Å²) in [6.45, 7) is 3.39. The van der Waals surface area contributed by atoms with Crippen LogP contribution >= 0.6 is 0 Å². The number of nitrogens with zero attached hydrogens (tertiary/aromatic N) is 2. The summed E-state index contributed by atoms with van der Waals surface area (Å²) < 4.78 is 0. The zero-order valence-corrected chi connectivity index (χ0v) is 10.1. The van der Waals surface area contributed by atoms with Gasteiger partial charge in [-0.3, -0.25) is 4.79 Å². The van der Waals surface area contributed by atoms with E-state index in [0.29, 0.717) is 6.42 Å². The van der Waals surface area contributed by atoms with Crippen molar-refractivity contribution in [3.05, 3.63) is 30.1 Å². The number of hydrogen-bond donors (Lipinski definition) is 2. The first-order valence-electron chi connectivity index (χ1n) is 6.24. The van der Waals surface area contributed by atoms with Crippen LogP contribution in [0.2, 0.25) is 0 Å². The fourth-order valence-corrected chi connectivity index (χ4v) is 2.35. The van der Waals surface area contributed by atoms with Gasteiger partial charge in [-0.05, 0) is 17.7 Å². The summed E-state index contributed by atoms with van der Waals surface area (Å²) in [5.74, 6) is 0.196. The molecule has 1 fully saturated rings. The highest BCUT2D eigenvalue weighted by atomic mass is 16.2. The number of nitrogens with one attached hydrogen (secondary N) is 2. The zero-order chi connectivity index (χ0) is 12.4. The van der Waals surface area contributed by atoms with Crippen LogP contribution in [0.3, 0.4) is 0 Å². The fraction of sp³-hybridized carbons (Fsp3) is 0.385. The molecule has 5 nitrogen and oxygen atoms in total. The molecule has 1 amide bonds. The number of rotatable bonds is 2. The molecular formula is C13H16N4O. The van der Waals surface area contributed by atoms with E-state index in [0.717, 1.165) is 42.8 Å². The van der Waals surface area contributed by atoms with Crippen molar-refractivity contribution in [3.63, 3.8) is 0 Å². The highest BCUT2D eigenvalue weighted by molar-refractivity contribution is 5.87. The first kappa shape index (κ1) is 11.2. The highest BCUT2D eigenvalue weighted by Gasteiger charge is 2.17. The third-order valence-electron chi connectivity index (χ3n) is 3.35. The van der Waals surface area contributed by atoms with Crippen LogP contribution in [0.4, 0.5) is 0 Å². The van der Waals surface area contributed by atoms with E-state index in [-0.39, 0.29) is 5.91 Å². The van der Waals surface area contributed by atoms with Gasteiger partial charge in [0.05, 0.1) is 6.42 Å². The number of hydrogen-bond acceptors (Lipinski definition) is 3. The summed E-state index contributed by atoms with van der Waals surface area (Å²) in [4.78, 5) is 21.4. The van der Waals surface area contributed by atoms with Gasteiger partial charge in [-0.25, -0.2) is 4.98 Å². The van der Waals surface area contributed by atoms with Crippen LogP contribution in [0.1, 0.15) is 5.56 Å². The lowest BCUT2D eigenvalue weighted by Crippen LogP contribution is -2.46. The van der Waals surface area contributed by atoms with E-state index < -0.39 is 0 Å². The van der Waals surface area contributed by atoms with Crippen molar-refractivity contribution < 1.29 is 4.79 Å². The number of piperazine rings is 1. The predicted molar refractivity (Wildman–Crippen MR) is 69.2 cm³/mol. The van der Waals surface area contributed by atoms with E-state index in [1.807, 2.05) is 23.2 Å². The monoisotopic (exact) mass is 244 g/mol. The molecule has 2 aromatic rings. The quantitative estimate of drug-likeness (QED) is 0.810. The lowest BCUT2D eigenvalue weighted by atomic mass is 10.1. The van der Waals surface area contributed by atoms with Gasteiger partial charge in [0, 0.05) is 44.0 Å². The van der Waals surface area contributed by atoms with Crippen LogP contribution in [-0.4, -0.2) is 47.0 Å². The SMILES string of the molecule is O=C(Cc1c[nH]c2ncccc12)N1CCNCC1. The minimum Gasteiger partial charge on any atom is -0.346 e. The molecule has 1 saturated heterocycles. The zero-order valence-electron chi connectivity index (χ0n) is 10.1. The van der Waals surface area contributed by atoms with Crippen molar-refractivity contribution in [2.75, 3.05) is 26.2 Å². The van der Waals surface area contributed by atoms with Crippen molar-refractivity contribution in [1.82, 2.24) is 20.2 Å². The van der Waals surface area contributed by atoms with Crippen LogP contribution in [0.25, 0.3) is 11.0 Å². The number of aromatic nitrogens is 2. The number of amides is 1. The Morgan fingerprint density at radius 2 is 2.22 bits per heavy atom. The van der Waals surface area contributed by atoms with E-state index in [1.54, 1.807) is 6.20 Å². The Balaban J connectivity index is 1.77. The number of pyridine rings is 1. The van der Waals surface area contributed by atoms with Crippen molar-refractivity contribution in [3.8, 4) is 0 Å². The van der Waals surface area contributed by atoms with E-state index in [4.69, 9.17) is 0 Å². The lowest BCUT2D eigenvalue weighted by molar-refractivity contribution is -0.131. The van der Waals surface area contributed by atoms with Gasteiger partial charge in [0.25, 0.3) is 0 Å². The second kappa shape index (κ2) is 4.78. The third-order valence-corrected chi connectivity index (χ3v) is 3.35. The number of carbonyl (C=O) groups is 1. The second-order valence-electron chi connectivity index (χ2n) is 4.52. The molecule has 1 aliphatic rings. The average Bonchev–Trinajstić information content (AvgIpc) is 2.83. The summed E-state index contributed by atoms with van der Waals surface area (Å²) in [6, 6.07) is 3.90. The van der Waals surface area contributed by atoms with Crippen molar-refractivity contribution in [2.24, 2.45) is 0 Å². The molecule has 0 atom stereocenters. The predicted octanol–water partition coefficient (Wildman–Crippen LogP) is 0.537. The Kier molecular flexibility index (Phi) is 2.98. The van der Waals surface area contributed by atoms with Gasteiger partial charge in [0.2, 0.25) is 5.91 Å². The van der Waals surface area contributed by atoms with E-state index >= 15 is 0 Å². The molecule has 94 valence electrons. The topological polar surface area (TPSA) is 61.0 Å². The Bertz CT molecular complexity index is 557. The van der Waals surface area contributed by atoms with Gasteiger partial charge in [-0.1, -0.05) is 0 Å². The molecule has 0 saturated carbocycles. The number of fused-ring (bicyclic) bond motifs is 1. The van der Waals surface area contributed by atoms with Gasteiger partial charge in [0.1, 0.15) is 5.65 Å². The third kappa shape index (κ3) is 2.09. The molecule has 0 radical (unpaired) electrons. The van der Waals surface area contributed by atoms with Gasteiger partial charge in [-0.15, -0.1) is 0 Å². The molecule has 3 rings (SSSR count). The molecular weight excluding hydrogens is 228 g/mol. The second-order valence-corrected chi connectivity index (χ2v) is 4.52. The maximum Gasteiger partial charge on any atom is 0.227 e. The summed E-state index contributed by atoms with van der Waals surface area (Å²) in [5.41, 5.74) is 1.88. The maximum atomic E-state index is 12.2. The highest BCUT2D eigenvalue weighted by Crippen LogP contribution is 2.16. The van der Waals surface area contributed by atoms with E-state index in [9.17, 15) is 4.79 Å². The number of carbonyl (C=O) groups excluding carboxylic acids is 1. The van der Waals surface area contributed by atoms with Crippen LogP contribution in [0, 0.1) is 0 Å². The Morgan fingerprint density at radius 3 is 3.06 bits per heavy atom. The van der Waals surface area contributed by atoms with Crippen molar-refractivity contribution in [1.29, 1.82) is 0 Å². The molecule has 18 heavy (non-hydrogen) atoms. The van der Waals surface area contributed by atoms with E-state index in [1.165, 1.54) is 0 Å². The summed E-state index contributed by atoms with van der Waals surface area (Å²) >= 11 is 0. The molecule has 0 unspecified atom stereocenters. The number of aromatic amines is 1. The molecule has 3 heterocycles. The molecule has 1 aliphatic heterocycles.